The lowest BCUT2D eigenvalue weighted by Crippen LogP contribution is -2.53. The molecule has 0 bridgehead atoms. The minimum atomic E-state index is -4.60. The van der Waals surface area contributed by atoms with Gasteiger partial charge < -0.3 is 9.80 Å². The highest BCUT2D eigenvalue weighted by molar-refractivity contribution is 5.99. The van der Waals surface area contributed by atoms with Crippen LogP contribution in [0.25, 0.3) is 0 Å². The van der Waals surface area contributed by atoms with Crippen molar-refractivity contribution in [2.75, 3.05) is 29.9 Å². The first-order chi connectivity index (χ1) is 12.3. The smallest absolute Gasteiger partial charge is 0.313 e. The molecule has 3 rings (SSSR count). The van der Waals surface area contributed by atoms with Crippen molar-refractivity contribution in [3.05, 3.63) is 54.2 Å². The number of piperazine rings is 1. The number of amides is 3. The normalized spacial score (nSPS) is 15.1. The molecule has 1 aromatic carbocycles. The van der Waals surface area contributed by atoms with E-state index in [1.54, 1.807) is 29.2 Å². The molecule has 0 spiro atoms. The number of rotatable bonds is 2. The second-order valence-electron chi connectivity index (χ2n) is 5.64. The van der Waals surface area contributed by atoms with Gasteiger partial charge >= 0.3 is 12.2 Å². The van der Waals surface area contributed by atoms with Gasteiger partial charge in [-0.25, -0.2) is 9.78 Å². The van der Waals surface area contributed by atoms with E-state index in [4.69, 9.17) is 0 Å². The largest absolute Gasteiger partial charge is 0.433 e. The molecule has 0 saturated carbocycles. The van der Waals surface area contributed by atoms with E-state index in [-0.39, 0.29) is 24.8 Å². The molecule has 0 unspecified atom stereocenters. The van der Waals surface area contributed by atoms with Gasteiger partial charge in [-0.3, -0.25) is 10.1 Å². The minimum absolute atomic E-state index is 0.167. The Labute approximate surface area is 147 Å². The van der Waals surface area contributed by atoms with Gasteiger partial charge in [0, 0.05) is 18.8 Å². The summed E-state index contributed by atoms with van der Waals surface area (Å²) < 4.78 is 38.0. The van der Waals surface area contributed by atoms with E-state index in [1.807, 2.05) is 6.07 Å². The highest BCUT2D eigenvalue weighted by Crippen LogP contribution is 2.28. The number of nitrogens with zero attached hydrogens (tertiary/aromatic N) is 3. The van der Waals surface area contributed by atoms with Crippen LogP contribution in [0.1, 0.15) is 5.69 Å². The number of hydrogen-bond donors (Lipinski definition) is 1. The standard InChI is InChI=1S/C17H15F3N4O2/c18-17(19,20)13-7-4-8-14(21-13)22-16(26)23-9-10-24(15(25)11-23)12-5-2-1-3-6-12/h1-8H,9-11H2,(H,21,22,26). The third-order valence-electron chi connectivity index (χ3n) is 3.85. The van der Waals surface area contributed by atoms with E-state index in [0.717, 1.165) is 17.8 Å². The van der Waals surface area contributed by atoms with Crippen LogP contribution < -0.4 is 10.2 Å². The van der Waals surface area contributed by atoms with E-state index in [1.165, 1.54) is 11.0 Å². The zero-order valence-corrected chi connectivity index (χ0v) is 13.5. The molecule has 3 amide bonds. The third-order valence-corrected chi connectivity index (χ3v) is 3.85. The first-order valence-corrected chi connectivity index (χ1v) is 7.80. The van der Waals surface area contributed by atoms with E-state index < -0.39 is 17.9 Å². The van der Waals surface area contributed by atoms with Crippen molar-refractivity contribution in [1.82, 2.24) is 9.88 Å². The van der Waals surface area contributed by atoms with Gasteiger partial charge in [-0.2, -0.15) is 13.2 Å². The molecule has 9 heteroatoms. The van der Waals surface area contributed by atoms with Gasteiger partial charge in [-0.15, -0.1) is 0 Å². The summed E-state index contributed by atoms with van der Waals surface area (Å²) >= 11 is 0. The molecule has 2 aromatic rings. The topological polar surface area (TPSA) is 65.5 Å². The first-order valence-electron chi connectivity index (χ1n) is 7.80. The Kier molecular flexibility index (Phi) is 4.79. The van der Waals surface area contributed by atoms with Crippen LogP contribution in [0.4, 0.5) is 29.5 Å². The molecule has 0 aliphatic carbocycles. The van der Waals surface area contributed by atoms with Gasteiger partial charge in [-0.1, -0.05) is 24.3 Å². The molecule has 1 N–H and O–H groups in total. The first kappa shape index (κ1) is 17.7. The Bertz CT molecular complexity index is 811. The Morgan fingerprint density at radius 1 is 1.04 bits per heavy atom. The van der Waals surface area contributed by atoms with Crippen molar-refractivity contribution in [3.8, 4) is 0 Å². The molecular weight excluding hydrogens is 349 g/mol. The summed E-state index contributed by atoms with van der Waals surface area (Å²) in [5, 5.41) is 2.30. The summed E-state index contributed by atoms with van der Waals surface area (Å²) in [7, 11) is 0. The maximum atomic E-state index is 12.7. The Balaban J connectivity index is 1.64. The van der Waals surface area contributed by atoms with Crippen molar-refractivity contribution in [2.24, 2.45) is 0 Å². The molecule has 6 nitrogen and oxygen atoms in total. The van der Waals surface area contributed by atoms with Crippen molar-refractivity contribution < 1.29 is 22.8 Å². The highest BCUT2D eigenvalue weighted by Gasteiger charge is 2.33. The van der Waals surface area contributed by atoms with Crippen molar-refractivity contribution >= 4 is 23.4 Å². The van der Waals surface area contributed by atoms with Crippen molar-refractivity contribution in [1.29, 1.82) is 0 Å². The van der Waals surface area contributed by atoms with Crippen LogP contribution in [-0.2, 0) is 11.0 Å². The van der Waals surface area contributed by atoms with E-state index in [9.17, 15) is 22.8 Å². The average Bonchev–Trinajstić information content (AvgIpc) is 2.62. The average molecular weight is 364 g/mol. The minimum Gasteiger partial charge on any atom is -0.313 e. The highest BCUT2D eigenvalue weighted by atomic mass is 19.4. The molecule has 1 aliphatic rings. The number of para-hydroxylation sites is 1. The number of pyridine rings is 1. The summed E-state index contributed by atoms with van der Waals surface area (Å²) in [6, 6.07) is 11.6. The fraction of sp³-hybridized carbons (Fsp3) is 0.235. The van der Waals surface area contributed by atoms with Crippen LogP contribution >= 0.6 is 0 Å². The number of anilines is 2. The number of carbonyl (C=O) groups excluding carboxylic acids is 2. The maximum absolute atomic E-state index is 12.7. The molecular formula is C17H15F3N4O2. The van der Waals surface area contributed by atoms with E-state index in [0.29, 0.717) is 6.54 Å². The lowest BCUT2D eigenvalue weighted by molar-refractivity contribution is -0.141. The number of hydrogen-bond acceptors (Lipinski definition) is 3. The predicted molar refractivity (Wildman–Crippen MR) is 88.6 cm³/mol. The third kappa shape index (κ3) is 3.93. The Hall–Kier alpha value is -3.10. The Morgan fingerprint density at radius 2 is 1.77 bits per heavy atom. The number of aromatic nitrogens is 1. The van der Waals surface area contributed by atoms with Gasteiger partial charge in [0.1, 0.15) is 18.1 Å². The molecule has 1 aromatic heterocycles. The number of halogens is 3. The lowest BCUT2D eigenvalue weighted by Gasteiger charge is -2.34. The molecule has 1 aliphatic heterocycles. The predicted octanol–water partition coefficient (Wildman–Crippen LogP) is 2.98. The monoisotopic (exact) mass is 364 g/mol. The van der Waals surface area contributed by atoms with Gasteiger partial charge in [0.25, 0.3) is 0 Å². The fourth-order valence-corrected chi connectivity index (χ4v) is 2.58. The second-order valence-corrected chi connectivity index (χ2v) is 5.64. The van der Waals surface area contributed by atoms with Crippen LogP contribution in [0.2, 0.25) is 0 Å². The molecule has 1 fully saturated rings. The molecule has 136 valence electrons. The van der Waals surface area contributed by atoms with E-state index >= 15 is 0 Å². The SMILES string of the molecule is O=C(Nc1cccc(C(F)(F)F)n1)N1CCN(c2ccccc2)C(=O)C1. The number of urea groups is 1. The molecule has 0 atom stereocenters. The fourth-order valence-electron chi connectivity index (χ4n) is 2.58. The molecule has 1 saturated heterocycles. The zero-order chi connectivity index (χ0) is 18.7. The lowest BCUT2D eigenvalue weighted by atomic mass is 10.2. The molecule has 2 heterocycles. The summed E-state index contributed by atoms with van der Waals surface area (Å²) in [4.78, 5) is 30.7. The number of alkyl halides is 3. The van der Waals surface area contributed by atoms with Gasteiger partial charge in [0.2, 0.25) is 5.91 Å². The van der Waals surface area contributed by atoms with Crippen LogP contribution in [0.3, 0.4) is 0 Å². The number of carbonyl (C=O) groups is 2. The number of benzene rings is 1. The zero-order valence-electron chi connectivity index (χ0n) is 13.5. The van der Waals surface area contributed by atoms with Crippen molar-refractivity contribution in [2.45, 2.75) is 6.18 Å². The van der Waals surface area contributed by atoms with Gasteiger partial charge in [0.05, 0.1) is 0 Å². The van der Waals surface area contributed by atoms with Crippen molar-refractivity contribution in [3.63, 3.8) is 0 Å². The summed E-state index contributed by atoms with van der Waals surface area (Å²) in [6.07, 6.45) is -4.60. The quantitative estimate of drug-likeness (QED) is 0.891. The van der Waals surface area contributed by atoms with Crippen LogP contribution in [0, 0.1) is 0 Å². The summed E-state index contributed by atoms with van der Waals surface area (Å²) in [6.45, 7) is 0.386. The molecule has 0 radical (unpaired) electrons. The van der Waals surface area contributed by atoms with Crippen LogP contribution in [-0.4, -0.2) is 41.5 Å². The summed E-state index contributed by atoms with van der Waals surface area (Å²) in [5.74, 6) is -0.489. The second kappa shape index (κ2) is 7.03. The van der Waals surface area contributed by atoms with Gasteiger partial charge in [0.15, 0.2) is 0 Å². The Morgan fingerprint density at radius 3 is 2.42 bits per heavy atom. The number of nitrogens with one attached hydrogen (secondary N) is 1. The van der Waals surface area contributed by atoms with Crippen LogP contribution in [0.5, 0.6) is 0 Å². The van der Waals surface area contributed by atoms with Gasteiger partial charge in [-0.05, 0) is 24.3 Å². The summed E-state index contributed by atoms with van der Waals surface area (Å²) in [5.41, 5.74) is -0.364. The van der Waals surface area contributed by atoms with Crippen LogP contribution in [0.15, 0.2) is 48.5 Å². The maximum Gasteiger partial charge on any atom is 0.433 e. The molecule has 26 heavy (non-hydrogen) atoms. The van der Waals surface area contributed by atoms with E-state index in [2.05, 4.69) is 10.3 Å².